The topological polar surface area (TPSA) is 166 Å². The van der Waals surface area contributed by atoms with Gasteiger partial charge >= 0.3 is 5.97 Å². The zero-order valence-corrected chi connectivity index (χ0v) is 12.7. The van der Waals surface area contributed by atoms with Crippen molar-refractivity contribution in [2.45, 2.75) is 31.5 Å². The number of nitrogen functional groups attached to an aromatic ring is 1. The molecule has 24 heavy (non-hydrogen) atoms. The van der Waals surface area contributed by atoms with Crippen LogP contribution in [0.2, 0.25) is 0 Å². The van der Waals surface area contributed by atoms with Gasteiger partial charge in [0.25, 0.3) is 0 Å². The van der Waals surface area contributed by atoms with E-state index in [1.54, 1.807) is 6.92 Å². The van der Waals surface area contributed by atoms with Crippen molar-refractivity contribution in [1.82, 2.24) is 20.0 Å². The number of carbonyl (C=O) groups is 1. The molecule has 2 aromatic rings. The van der Waals surface area contributed by atoms with Crippen molar-refractivity contribution in [2.24, 2.45) is 0 Å². The fraction of sp³-hybridized carbons (Fsp3) is 0.538. The summed E-state index contributed by atoms with van der Waals surface area (Å²) in [5.41, 5.74) is 6.02. The number of carbonyl (C=O) groups excluding carboxylic acids is 1. The van der Waals surface area contributed by atoms with E-state index in [1.165, 1.54) is 10.8 Å². The largest absolute Gasteiger partial charge is 0.462 e. The van der Waals surface area contributed by atoms with Crippen LogP contribution in [-0.2, 0) is 9.47 Å². The third-order valence-corrected chi connectivity index (χ3v) is 3.84. The van der Waals surface area contributed by atoms with Gasteiger partial charge in [-0.25, -0.2) is 4.79 Å². The lowest BCUT2D eigenvalue weighted by molar-refractivity contribution is -0.0509. The number of aromatic nitrogens is 4. The Morgan fingerprint density at radius 3 is 2.79 bits per heavy atom. The van der Waals surface area contributed by atoms with Gasteiger partial charge in [0.2, 0.25) is 0 Å². The van der Waals surface area contributed by atoms with E-state index in [4.69, 9.17) is 15.2 Å². The van der Waals surface area contributed by atoms with E-state index in [0.717, 1.165) is 0 Å². The number of hydrogen-bond donors (Lipinski definition) is 4. The Morgan fingerprint density at radius 2 is 2.17 bits per heavy atom. The second-order valence-electron chi connectivity index (χ2n) is 5.27. The van der Waals surface area contributed by atoms with Crippen LogP contribution in [0.25, 0.3) is 11.0 Å². The average molecular weight is 339 g/mol. The van der Waals surface area contributed by atoms with E-state index in [-0.39, 0.29) is 29.0 Å². The van der Waals surface area contributed by atoms with E-state index in [1.807, 2.05) is 0 Å². The van der Waals surface area contributed by atoms with Gasteiger partial charge in [0.05, 0.1) is 24.2 Å². The maximum atomic E-state index is 12.1. The van der Waals surface area contributed by atoms with E-state index in [0.29, 0.717) is 0 Å². The molecule has 3 heterocycles. The highest BCUT2D eigenvalue weighted by molar-refractivity contribution is 6.07. The second-order valence-corrected chi connectivity index (χ2v) is 5.27. The molecule has 0 saturated carbocycles. The molecule has 0 aromatic carbocycles. The molecule has 5 N–H and O–H groups in total. The van der Waals surface area contributed by atoms with Crippen molar-refractivity contribution in [3.63, 3.8) is 0 Å². The molecule has 0 radical (unpaired) electrons. The Hall–Kier alpha value is -2.34. The minimum absolute atomic E-state index is 0.0338. The molecule has 1 saturated heterocycles. The summed E-state index contributed by atoms with van der Waals surface area (Å²) < 4.78 is 11.8. The van der Waals surface area contributed by atoms with Crippen LogP contribution in [0.5, 0.6) is 0 Å². The van der Waals surface area contributed by atoms with Crippen LogP contribution in [0.15, 0.2) is 6.20 Å². The summed E-state index contributed by atoms with van der Waals surface area (Å²) in [5.74, 6) is -0.678. The summed E-state index contributed by atoms with van der Waals surface area (Å²) in [6.45, 7) is 1.34. The van der Waals surface area contributed by atoms with Crippen LogP contribution < -0.4 is 5.73 Å². The third kappa shape index (κ3) is 2.47. The van der Waals surface area contributed by atoms with E-state index in [2.05, 4.69) is 15.4 Å². The first-order chi connectivity index (χ1) is 11.5. The number of ether oxygens (including phenoxy) is 2. The van der Waals surface area contributed by atoms with Gasteiger partial charge in [-0.05, 0) is 12.1 Å². The van der Waals surface area contributed by atoms with Crippen LogP contribution in [0.1, 0.15) is 23.5 Å². The highest BCUT2D eigenvalue weighted by atomic mass is 16.6. The zero-order valence-electron chi connectivity index (χ0n) is 12.7. The highest BCUT2D eigenvalue weighted by Gasteiger charge is 2.44. The van der Waals surface area contributed by atoms with Crippen molar-refractivity contribution in [3.05, 3.63) is 11.8 Å². The fourth-order valence-corrected chi connectivity index (χ4v) is 2.70. The lowest BCUT2D eigenvalue weighted by Crippen LogP contribution is -2.33. The minimum Gasteiger partial charge on any atom is -0.462 e. The number of aliphatic hydroxyl groups is 3. The summed E-state index contributed by atoms with van der Waals surface area (Å²) in [5, 5.41) is 40.4. The standard InChI is InChI=1S/C13H17N5O6/c1-2-23-13(22)5-3-18(11-7(5)10(14)15-17-16-11)12-9(21)8(20)6(4-19)24-12/h3,6,8-9,12,19-21H,2,4H2,1H3,(H2,14,15,16)/t6-,8-,9-,12-/m1/s1. The van der Waals surface area contributed by atoms with Crippen molar-refractivity contribution in [1.29, 1.82) is 0 Å². The maximum Gasteiger partial charge on any atom is 0.340 e. The quantitative estimate of drug-likeness (QED) is 0.466. The fourth-order valence-electron chi connectivity index (χ4n) is 2.70. The van der Waals surface area contributed by atoms with Crippen molar-refractivity contribution in [2.75, 3.05) is 18.9 Å². The third-order valence-electron chi connectivity index (χ3n) is 3.84. The molecular formula is C13H17N5O6. The molecule has 3 rings (SSSR count). The Kier molecular flexibility index (Phi) is 4.32. The lowest BCUT2D eigenvalue weighted by Gasteiger charge is -2.16. The van der Waals surface area contributed by atoms with Crippen LogP contribution in [0.4, 0.5) is 5.82 Å². The monoisotopic (exact) mass is 339 g/mol. The Morgan fingerprint density at radius 1 is 1.42 bits per heavy atom. The SMILES string of the molecule is CCOC(=O)c1cn([C@@H]2O[C@H](CO)[C@@H](O)[C@H]2O)c2nnnc(N)c12. The van der Waals surface area contributed by atoms with Gasteiger partial charge in [0, 0.05) is 6.20 Å². The summed E-state index contributed by atoms with van der Waals surface area (Å²) >= 11 is 0. The summed E-state index contributed by atoms with van der Waals surface area (Å²) in [4.78, 5) is 12.1. The smallest absolute Gasteiger partial charge is 0.340 e. The van der Waals surface area contributed by atoms with Crippen LogP contribution in [0, 0.1) is 0 Å². The number of hydrogen-bond acceptors (Lipinski definition) is 10. The number of rotatable bonds is 4. The number of aliphatic hydroxyl groups excluding tert-OH is 3. The van der Waals surface area contributed by atoms with Crippen molar-refractivity contribution < 1.29 is 29.6 Å². The van der Waals surface area contributed by atoms with Gasteiger partial charge in [-0.15, -0.1) is 10.2 Å². The van der Waals surface area contributed by atoms with E-state index >= 15 is 0 Å². The maximum absolute atomic E-state index is 12.1. The molecule has 11 heteroatoms. The van der Waals surface area contributed by atoms with Gasteiger partial charge in [-0.2, -0.15) is 0 Å². The van der Waals surface area contributed by atoms with Crippen molar-refractivity contribution in [3.8, 4) is 0 Å². The predicted octanol–water partition coefficient (Wildman–Crippen LogP) is -1.80. The number of anilines is 1. The first-order valence-electron chi connectivity index (χ1n) is 7.28. The molecule has 0 spiro atoms. The molecule has 1 aliphatic heterocycles. The summed E-state index contributed by atoms with van der Waals surface area (Å²) in [7, 11) is 0. The molecule has 4 atom stereocenters. The van der Waals surface area contributed by atoms with E-state index < -0.39 is 37.1 Å². The zero-order chi connectivity index (χ0) is 17.4. The molecule has 0 bridgehead atoms. The van der Waals surface area contributed by atoms with Gasteiger partial charge < -0.3 is 35.1 Å². The van der Waals surface area contributed by atoms with Gasteiger partial charge in [-0.1, -0.05) is 0 Å². The molecule has 0 amide bonds. The normalized spacial score (nSPS) is 26.8. The molecule has 11 nitrogen and oxygen atoms in total. The molecule has 1 aliphatic rings. The number of esters is 1. The molecule has 2 aromatic heterocycles. The highest BCUT2D eigenvalue weighted by Crippen LogP contribution is 2.34. The molecule has 0 aliphatic carbocycles. The predicted molar refractivity (Wildman–Crippen MR) is 78.7 cm³/mol. The number of nitrogens with zero attached hydrogens (tertiary/aromatic N) is 4. The molecule has 1 fully saturated rings. The van der Waals surface area contributed by atoms with Crippen molar-refractivity contribution >= 4 is 22.8 Å². The minimum atomic E-state index is -1.34. The summed E-state index contributed by atoms with van der Waals surface area (Å²) in [6.07, 6.45) is -3.35. The first kappa shape index (κ1) is 16.5. The summed E-state index contributed by atoms with van der Waals surface area (Å²) in [6, 6.07) is 0. The Balaban J connectivity index is 2.12. The van der Waals surface area contributed by atoms with E-state index in [9.17, 15) is 20.1 Å². The Labute approximate surface area is 135 Å². The van der Waals surface area contributed by atoms with Gasteiger partial charge in [-0.3, -0.25) is 0 Å². The molecular weight excluding hydrogens is 322 g/mol. The van der Waals surface area contributed by atoms with Crippen LogP contribution >= 0.6 is 0 Å². The first-order valence-corrected chi connectivity index (χ1v) is 7.28. The number of fused-ring (bicyclic) bond motifs is 1. The number of nitrogens with two attached hydrogens (primary N) is 1. The van der Waals surface area contributed by atoms with Crippen LogP contribution in [0.3, 0.4) is 0 Å². The van der Waals surface area contributed by atoms with Gasteiger partial charge in [0.1, 0.15) is 18.3 Å². The average Bonchev–Trinajstić information content (AvgIpc) is 3.08. The lowest BCUT2D eigenvalue weighted by atomic mass is 10.1. The van der Waals surface area contributed by atoms with Gasteiger partial charge in [0.15, 0.2) is 17.7 Å². The van der Waals surface area contributed by atoms with Crippen LogP contribution in [-0.4, -0.2) is 72.8 Å². The Bertz CT molecular complexity index is 765. The molecule has 130 valence electrons. The molecule has 0 unspecified atom stereocenters. The second kappa shape index (κ2) is 6.28.